The molecule has 3 N–H and O–H groups in total. The number of carbonyl (C=O) groups excluding carboxylic acids is 1. The van der Waals surface area contributed by atoms with Gasteiger partial charge in [-0.3, -0.25) is 10.2 Å². The number of amides is 1. The Balaban J connectivity index is 3.81. The van der Waals surface area contributed by atoms with Crippen molar-refractivity contribution in [3.63, 3.8) is 0 Å². The van der Waals surface area contributed by atoms with E-state index in [2.05, 4.69) is 10.9 Å². The first kappa shape index (κ1) is 12.7. The number of carboxylic acid groups (broad SMARTS) is 1. The lowest BCUT2D eigenvalue weighted by Gasteiger charge is -2.20. The summed E-state index contributed by atoms with van der Waals surface area (Å²) in [4.78, 5) is 21.3. The quantitative estimate of drug-likeness (QED) is 0.582. The van der Waals surface area contributed by atoms with E-state index in [1.807, 2.05) is 0 Å². The van der Waals surface area contributed by atoms with Crippen molar-refractivity contribution in [3.05, 3.63) is 0 Å². The minimum Gasteiger partial charge on any atom is -0.480 e. The molecule has 0 spiro atoms. The third-order valence-corrected chi connectivity index (χ3v) is 1.16. The van der Waals surface area contributed by atoms with Crippen LogP contribution in [0.3, 0.4) is 0 Å². The molecule has 0 aliphatic rings. The molecule has 0 fully saturated rings. The number of hydrogen-bond donors (Lipinski definition) is 3. The van der Waals surface area contributed by atoms with E-state index in [1.54, 1.807) is 20.8 Å². The van der Waals surface area contributed by atoms with Gasteiger partial charge in [0, 0.05) is 0 Å². The number of nitrogens with one attached hydrogen (secondary N) is 2. The molecule has 0 saturated heterocycles. The van der Waals surface area contributed by atoms with Crippen LogP contribution in [0.1, 0.15) is 27.7 Å². The van der Waals surface area contributed by atoms with Gasteiger partial charge in [-0.1, -0.05) is 0 Å². The molecule has 0 saturated carbocycles. The first-order chi connectivity index (χ1) is 6.22. The van der Waals surface area contributed by atoms with Gasteiger partial charge in [-0.25, -0.2) is 10.2 Å². The molecule has 0 bridgehead atoms. The highest BCUT2D eigenvalue weighted by Gasteiger charge is 2.17. The molecule has 0 aromatic carbocycles. The Labute approximate surface area is 82.6 Å². The van der Waals surface area contributed by atoms with Crippen LogP contribution >= 0.6 is 0 Å². The molecule has 14 heavy (non-hydrogen) atoms. The van der Waals surface area contributed by atoms with Crippen molar-refractivity contribution in [1.82, 2.24) is 10.9 Å². The second-order valence-electron chi connectivity index (χ2n) is 3.83. The Morgan fingerprint density at radius 2 is 1.86 bits per heavy atom. The summed E-state index contributed by atoms with van der Waals surface area (Å²) >= 11 is 0. The summed E-state index contributed by atoms with van der Waals surface area (Å²) in [7, 11) is 0. The predicted molar refractivity (Wildman–Crippen MR) is 49.6 cm³/mol. The zero-order valence-corrected chi connectivity index (χ0v) is 8.75. The Bertz CT molecular complexity index is 222. The van der Waals surface area contributed by atoms with E-state index in [-0.39, 0.29) is 0 Å². The SMILES string of the molecule is C[C@H](NNC(=O)OC(C)(C)C)C(=O)O. The summed E-state index contributed by atoms with van der Waals surface area (Å²) in [5.74, 6) is -1.05. The maximum Gasteiger partial charge on any atom is 0.422 e. The standard InChI is InChI=1S/C8H16N2O4/c1-5(6(11)12)9-10-7(13)14-8(2,3)4/h5,9H,1-4H3,(H,10,13)(H,11,12)/t5-/m0/s1. The Kier molecular flexibility index (Phi) is 4.36. The van der Waals surface area contributed by atoms with E-state index < -0.39 is 23.7 Å². The molecule has 0 rings (SSSR count). The number of carboxylic acids is 1. The third kappa shape index (κ3) is 6.24. The molecule has 6 nitrogen and oxygen atoms in total. The van der Waals surface area contributed by atoms with Crippen molar-refractivity contribution >= 4 is 12.1 Å². The van der Waals surface area contributed by atoms with Gasteiger partial charge < -0.3 is 9.84 Å². The van der Waals surface area contributed by atoms with Gasteiger partial charge in [-0.05, 0) is 27.7 Å². The number of carbonyl (C=O) groups is 2. The van der Waals surface area contributed by atoms with Crippen LogP contribution in [0.15, 0.2) is 0 Å². The molecular weight excluding hydrogens is 188 g/mol. The topological polar surface area (TPSA) is 87.7 Å². The fourth-order valence-corrected chi connectivity index (χ4v) is 0.533. The second-order valence-corrected chi connectivity index (χ2v) is 3.83. The van der Waals surface area contributed by atoms with Crippen molar-refractivity contribution in [2.75, 3.05) is 0 Å². The highest BCUT2D eigenvalue weighted by atomic mass is 16.6. The smallest absolute Gasteiger partial charge is 0.422 e. The lowest BCUT2D eigenvalue weighted by atomic mass is 10.2. The molecule has 0 radical (unpaired) electrons. The van der Waals surface area contributed by atoms with Crippen LogP contribution in [0, 0.1) is 0 Å². The molecule has 0 unspecified atom stereocenters. The van der Waals surface area contributed by atoms with Gasteiger partial charge in [0.15, 0.2) is 0 Å². The molecular formula is C8H16N2O4. The van der Waals surface area contributed by atoms with Gasteiger partial charge in [0.1, 0.15) is 11.6 Å². The van der Waals surface area contributed by atoms with E-state index in [0.29, 0.717) is 0 Å². The van der Waals surface area contributed by atoms with Gasteiger partial charge in [-0.15, -0.1) is 0 Å². The van der Waals surface area contributed by atoms with E-state index in [4.69, 9.17) is 9.84 Å². The third-order valence-electron chi connectivity index (χ3n) is 1.16. The highest BCUT2D eigenvalue weighted by molar-refractivity contribution is 5.74. The van der Waals surface area contributed by atoms with Crippen molar-refractivity contribution in [2.24, 2.45) is 0 Å². The van der Waals surface area contributed by atoms with E-state index in [9.17, 15) is 9.59 Å². The maximum atomic E-state index is 11.0. The molecule has 1 amide bonds. The number of hydrazine groups is 1. The van der Waals surface area contributed by atoms with Crippen LogP contribution in [0.2, 0.25) is 0 Å². The van der Waals surface area contributed by atoms with Gasteiger partial charge in [0.2, 0.25) is 0 Å². The van der Waals surface area contributed by atoms with Crippen LogP contribution in [0.4, 0.5) is 4.79 Å². The summed E-state index contributed by atoms with van der Waals surface area (Å²) in [6, 6.07) is -0.859. The maximum absolute atomic E-state index is 11.0. The van der Waals surface area contributed by atoms with Gasteiger partial charge in [0.05, 0.1) is 0 Å². The van der Waals surface area contributed by atoms with Crippen LogP contribution in [-0.4, -0.2) is 28.8 Å². The number of hydrogen-bond acceptors (Lipinski definition) is 4. The minimum absolute atomic E-state index is 0.599. The normalized spacial score (nSPS) is 13.1. The number of aliphatic carboxylic acids is 1. The lowest BCUT2D eigenvalue weighted by Crippen LogP contribution is -2.48. The fraction of sp³-hybridized carbons (Fsp3) is 0.750. The second kappa shape index (κ2) is 4.80. The van der Waals surface area contributed by atoms with Crippen LogP contribution in [-0.2, 0) is 9.53 Å². The molecule has 82 valence electrons. The highest BCUT2D eigenvalue weighted by Crippen LogP contribution is 2.05. The molecule has 0 aromatic heterocycles. The first-order valence-electron chi connectivity index (χ1n) is 4.19. The zero-order chi connectivity index (χ0) is 11.4. The summed E-state index contributed by atoms with van der Waals surface area (Å²) in [6.07, 6.45) is -0.703. The summed E-state index contributed by atoms with van der Waals surface area (Å²) in [6.45, 7) is 6.55. The molecule has 0 aliphatic heterocycles. The fourth-order valence-electron chi connectivity index (χ4n) is 0.533. The van der Waals surface area contributed by atoms with Crippen molar-refractivity contribution in [1.29, 1.82) is 0 Å². The number of rotatable bonds is 3. The summed E-state index contributed by atoms with van der Waals surface area (Å²) in [5, 5.41) is 8.47. The zero-order valence-electron chi connectivity index (χ0n) is 8.75. The van der Waals surface area contributed by atoms with Crippen molar-refractivity contribution < 1.29 is 19.4 Å². The lowest BCUT2D eigenvalue weighted by molar-refractivity contribution is -0.139. The van der Waals surface area contributed by atoms with Gasteiger partial charge in [-0.2, -0.15) is 0 Å². The van der Waals surface area contributed by atoms with Crippen molar-refractivity contribution in [3.8, 4) is 0 Å². The Hall–Kier alpha value is -1.30. The van der Waals surface area contributed by atoms with E-state index in [1.165, 1.54) is 6.92 Å². The number of ether oxygens (including phenoxy) is 1. The first-order valence-corrected chi connectivity index (χ1v) is 4.19. The van der Waals surface area contributed by atoms with Gasteiger partial charge >= 0.3 is 12.1 Å². The average molecular weight is 204 g/mol. The minimum atomic E-state index is -1.05. The van der Waals surface area contributed by atoms with Crippen molar-refractivity contribution in [2.45, 2.75) is 39.3 Å². The molecule has 0 aliphatic carbocycles. The molecule has 6 heteroatoms. The largest absolute Gasteiger partial charge is 0.480 e. The molecule has 0 aromatic rings. The van der Waals surface area contributed by atoms with Gasteiger partial charge in [0.25, 0.3) is 0 Å². The molecule has 0 heterocycles. The van der Waals surface area contributed by atoms with E-state index in [0.717, 1.165) is 0 Å². The van der Waals surface area contributed by atoms with E-state index >= 15 is 0 Å². The van der Waals surface area contributed by atoms with Crippen LogP contribution in [0.25, 0.3) is 0 Å². The predicted octanol–water partition coefficient (Wildman–Crippen LogP) is 0.489. The monoisotopic (exact) mass is 204 g/mol. The van der Waals surface area contributed by atoms with Crippen LogP contribution in [0.5, 0.6) is 0 Å². The Morgan fingerprint density at radius 1 is 1.36 bits per heavy atom. The van der Waals surface area contributed by atoms with Crippen LogP contribution < -0.4 is 10.9 Å². The molecule has 1 atom stereocenters. The average Bonchev–Trinajstić information content (AvgIpc) is 1.96. The summed E-state index contributed by atoms with van der Waals surface area (Å²) in [5.41, 5.74) is 3.81. The summed E-state index contributed by atoms with van der Waals surface area (Å²) < 4.78 is 4.86. The Morgan fingerprint density at radius 3 is 2.21 bits per heavy atom.